The number of hydrogen-bond acceptors (Lipinski definition) is 2. The van der Waals surface area contributed by atoms with Crippen LogP contribution in [0.5, 0.6) is 0 Å². The Balaban J connectivity index is 1.89. The topological polar surface area (TPSA) is 15.3 Å². The number of nitrogens with one attached hydrogen (secondary N) is 1. The summed E-state index contributed by atoms with van der Waals surface area (Å²) >= 11 is 0. The second-order valence-corrected chi connectivity index (χ2v) is 5.16. The van der Waals surface area contributed by atoms with E-state index in [4.69, 9.17) is 0 Å². The van der Waals surface area contributed by atoms with Crippen LogP contribution in [-0.2, 0) is 0 Å². The van der Waals surface area contributed by atoms with Gasteiger partial charge in [0, 0.05) is 31.7 Å². The van der Waals surface area contributed by atoms with E-state index in [0.717, 1.165) is 19.5 Å². The van der Waals surface area contributed by atoms with Crippen molar-refractivity contribution >= 4 is 0 Å². The van der Waals surface area contributed by atoms with Gasteiger partial charge in [0.05, 0.1) is 0 Å². The lowest BCUT2D eigenvalue weighted by molar-refractivity contribution is 0.0772. The first-order valence-electron chi connectivity index (χ1n) is 6.57. The van der Waals surface area contributed by atoms with Crippen molar-refractivity contribution in [1.29, 1.82) is 0 Å². The van der Waals surface area contributed by atoms with Crippen LogP contribution in [0.25, 0.3) is 0 Å². The third-order valence-electron chi connectivity index (χ3n) is 3.90. The fourth-order valence-electron chi connectivity index (χ4n) is 2.85. The molecule has 1 saturated carbocycles. The molecular weight excluding hydrogens is 196 g/mol. The second-order valence-electron chi connectivity index (χ2n) is 5.16. The first kappa shape index (κ1) is 11.9. The highest BCUT2D eigenvalue weighted by atomic mass is 15.2. The predicted molar refractivity (Wildman–Crippen MR) is 69.6 cm³/mol. The Morgan fingerprint density at radius 3 is 2.88 bits per heavy atom. The first-order valence-corrected chi connectivity index (χ1v) is 6.57. The molecule has 2 nitrogen and oxygen atoms in total. The molecule has 0 aromatic heterocycles. The van der Waals surface area contributed by atoms with Crippen LogP contribution < -0.4 is 5.32 Å². The average Bonchev–Trinajstić information content (AvgIpc) is 2.27. The summed E-state index contributed by atoms with van der Waals surface area (Å²) in [4.78, 5) is 2.58. The molecule has 0 aromatic carbocycles. The summed E-state index contributed by atoms with van der Waals surface area (Å²) in [6.45, 7) is 10.7. The molecule has 1 N–H and O–H groups in total. The van der Waals surface area contributed by atoms with E-state index >= 15 is 0 Å². The van der Waals surface area contributed by atoms with Crippen LogP contribution >= 0.6 is 0 Å². The van der Waals surface area contributed by atoms with Gasteiger partial charge in [0.15, 0.2) is 0 Å². The fraction of sp³-hybridized carbons (Fsp3) is 0.714. The molecule has 0 bridgehead atoms. The third-order valence-corrected chi connectivity index (χ3v) is 3.90. The molecule has 90 valence electrons. The molecule has 2 aliphatic rings. The van der Waals surface area contributed by atoms with Crippen molar-refractivity contribution in [2.24, 2.45) is 0 Å². The maximum absolute atomic E-state index is 3.91. The quantitative estimate of drug-likeness (QED) is 0.732. The normalized spacial score (nSPS) is 25.4. The van der Waals surface area contributed by atoms with E-state index in [1.165, 1.54) is 37.9 Å². The highest BCUT2D eigenvalue weighted by molar-refractivity contribution is 5.18. The van der Waals surface area contributed by atoms with E-state index in [-0.39, 0.29) is 0 Å². The summed E-state index contributed by atoms with van der Waals surface area (Å²) in [5, 5.41) is 3.70. The zero-order chi connectivity index (χ0) is 11.4. The van der Waals surface area contributed by atoms with Crippen molar-refractivity contribution in [3.63, 3.8) is 0 Å². The van der Waals surface area contributed by atoms with Crippen molar-refractivity contribution in [3.05, 3.63) is 24.3 Å². The van der Waals surface area contributed by atoms with Gasteiger partial charge in [0.2, 0.25) is 0 Å². The molecule has 0 atom stereocenters. The van der Waals surface area contributed by atoms with E-state index in [9.17, 15) is 0 Å². The van der Waals surface area contributed by atoms with E-state index in [1.54, 1.807) is 0 Å². The molecule has 0 radical (unpaired) electrons. The second kappa shape index (κ2) is 5.15. The fourth-order valence-corrected chi connectivity index (χ4v) is 2.85. The molecule has 0 unspecified atom stereocenters. The Morgan fingerprint density at radius 2 is 2.31 bits per heavy atom. The number of hydrogen-bond donors (Lipinski definition) is 1. The molecule has 16 heavy (non-hydrogen) atoms. The maximum atomic E-state index is 3.91. The van der Waals surface area contributed by atoms with Crippen LogP contribution in [0, 0.1) is 0 Å². The Morgan fingerprint density at radius 1 is 1.50 bits per heavy atom. The minimum Gasteiger partial charge on any atom is -0.309 e. The standard InChI is InChI=1S/C14H24N2/c1-3-6-13(4-2)11-16-10-9-15-14(12-16)7-5-8-14/h4,6,15H,2-3,5,7-12H2,1H3/b13-6+. The zero-order valence-electron chi connectivity index (χ0n) is 10.5. The Bertz CT molecular complexity index is 276. The highest BCUT2D eigenvalue weighted by Gasteiger charge is 2.40. The van der Waals surface area contributed by atoms with Crippen molar-refractivity contribution in [2.75, 3.05) is 26.2 Å². The van der Waals surface area contributed by atoms with Crippen LogP contribution in [0.15, 0.2) is 24.3 Å². The predicted octanol–water partition coefficient (Wildman–Crippen LogP) is 2.34. The van der Waals surface area contributed by atoms with Crippen molar-refractivity contribution in [3.8, 4) is 0 Å². The largest absolute Gasteiger partial charge is 0.309 e. The van der Waals surface area contributed by atoms with Crippen LogP contribution in [0.2, 0.25) is 0 Å². The number of allylic oxidation sites excluding steroid dienone is 1. The van der Waals surface area contributed by atoms with Gasteiger partial charge in [-0.05, 0) is 31.3 Å². The van der Waals surface area contributed by atoms with Gasteiger partial charge in [0.25, 0.3) is 0 Å². The maximum Gasteiger partial charge on any atom is 0.0309 e. The number of rotatable bonds is 4. The lowest BCUT2D eigenvalue weighted by Crippen LogP contribution is -2.63. The van der Waals surface area contributed by atoms with E-state index in [1.807, 2.05) is 6.08 Å². The molecule has 2 heteroatoms. The van der Waals surface area contributed by atoms with Crippen LogP contribution in [-0.4, -0.2) is 36.6 Å². The van der Waals surface area contributed by atoms with E-state index in [0.29, 0.717) is 5.54 Å². The number of nitrogens with zero attached hydrogens (tertiary/aromatic N) is 1. The van der Waals surface area contributed by atoms with Gasteiger partial charge < -0.3 is 5.32 Å². The van der Waals surface area contributed by atoms with Crippen molar-refractivity contribution in [1.82, 2.24) is 10.2 Å². The molecule has 1 aliphatic carbocycles. The number of piperazine rings is 1. The average molecular weight is 220 g/mol. The summed E-state index contributed by atoms with van der Waals surface area (Å²) < 4.78 is 0. The Labute approximate surface area is 99.4 Å². The van der Waals surface area contributed by atoms with Crippen molar-refractivity contribution < 1.29 is 0 Å². The molecule has 1 spiro atoms. The lowest BCUT2D eigenvalue weighted by Gasteiger charge is -2.49. The molecule has 0 amide bonds. The summed E-state index contributed by atoms with van der Waals surface area (Å²) in [5.74, 6) is 0. The molecule has 1 aliphatic heterocycles. The van der Waals surface area contributed by atoms with Gasteiger partial charge in [-0.1, -0.05) is 25.7 Å². The van der Waals surface area contributed by atoms with E-state index in [2.05, 4.69) is 29.8 Å². The Kier molecular flexibility index (Phi) is 3.82. The molecule has 2 rings (SSSR count). The highest BCUT2D eigenvalue weighted by Crippen LogP contribution is 2.34. The minimum atomic E-state index is 0.469. The zero-order valence-corrected chi connectivity index (χ0v) is 10.5. The van der Waals surface area contributed by atoms with Gasteiger partial charge in [0.1, 0.15) is 0 Å². The smallest absolute Gasteiger partial charge is 0.0309 e. The summed E-state index contributed by atoms with van der Waals surface area (Å²) in [6, 6.07) is 0. The Hall–Kier alpha value is -0.600. The van der Waals surface area contributed by atoms with Gasteiger partial charge in [-0.15, -0.1) is 0 Å². The van der Waals surface area contributed by atoms with Crippen LogP contribution in [0.3, 0.4) is 0 Å². The molecule has 1 heterocycles. The monoisotopic (exact) mass is 220 g/mol. The lowest BCUT2D eigenvalue weighted by atomic mass is 9.75. The van der Waals surface area contributed by atoms with Gasteiger partial charge >= 0.3 is 0 Å². The summed E-state index contributed by atoms with van der Waals surface area (Å²) in [6.07, 6.45) is 9.55. The molecular formula is C14H24N2. The first-order chi connectivity index (χ1) is 7.78. The molecule has 2 fully saturated rings. The molecule has 1 saturated heterocycles. The SMILES string of the molecule is C=C/C(=C\CC)CN1CCNC2(CCC2)C1. The minimum absolute atomic E-state index is 0.469. The van der Waals surface area contributed by atoms with Gasteiger partial charge in [-0.2, -0.15) is 0 Å². The van der Waals surface area contributed by atoms with Crippen molar-refractivity contribution in [2.45, 2.75) is 38.1 Å². The summed E-state index contributed by atoms with van der Waals surface area (Å²) in [5.41, 5.74) is 1.86. The van der Waals surface area contributed by atoms with Crippen LogP contribution in [0.1, 0.15) is 32.6 Å². The third kappa shape index (κ3) is 2.55. The van der Waals surface area contributed by atoms with E-state index < -0.39 is 0 Å². The molecule has 0 aromatic rings. The van der Waals surface area contributed by atoms with Gasteiger partial charge in [-0.25, -0.2) is 0 Å². The summed E-state index contributed by atoms with van der Waals surface area (Å²) in [7, 11) is 0. The van der Waals surface area contributed by atoms with Gasteiger partial charge in [-0.3, -0.25) is 4.90 Å². The van der Waals surface area contributed by atoms with Crippen LogP contribution in [0.4, 0.5) is 0 Å².